The van der Waals surface area contributed by atoms with Crippen LogP contribution in [0.2, 0.25) is 5.02 Å². The molecular formula is C11H17ClN4O2. The van der Waals surface area contributed by atoms with Crippen LogP contribution in [0.1, 0.15) is 20.8 Å². The Morgan fingerprint density at radius 2 is 2.28 bits per heavy atom. The number of carbonyl (C=O) groups excluding carboxylic acids is 1. The highest BCUT2D eigenvalue weighted by molar-refractivity contribution is 6.32. The van der Waals surface area contributed by atoms with Crippen LogP contribution in [0, 0.1) is 0 Å². The van der Waals surface area contributed by atoms with Crippen molar-refractivity contribution in [2.75, 3.05) is 18.0 Å². The lowest BCUT2D eigenvalue weighted by molar-refractivity contribution is -0.120. The first-order chi connectivity index (χ1) is 8.45. The molecule has 0 spiro atoms. The molecule has 1 aromatic rings. The van der Waals surface area contributed by atoms with Crippen molar-refractivity contribution >= 4 is 23.3 Å². The molecule has 18 heavy (non-hydrogen) atoms. The zero-order chi connectivity index (χ0) is 13.7. The molecule has 0 aliphatic rings. The quantitative estimate of drug-likeness (QED) is 0.830. The highest BCUT2D eigenvalue weighted by Crippen LogP contribution is 2.17. The first kappa shape index (κ1) is 14.5. The molecule has 0 fully saturated rings. The molecule has 6 nitrogen and oxygen atoms in total. The van der Waals surface area contributed by atoms with Crippen molar-refractivity contribution in [1.82, 2.24) is 15.3 Å². The summed E-state index contributed by atoms with van der Waals surface area (Å²) in [7, 11) is 0. The number of H-pyrrole nitrogens is 1. The Hall–Kier alpha value is -1.56. The number of aromatic nitrogens is 2. The van der Waals surface area contributed by atoms with Crippen molar-refractivity contribution in [3.63, 3.8) is 0 Å². The number of anilines is 1. The van der Waals surface area contributed by atoms with E-state index in [4.69, 9.17) is 11.6 Å². The van der Waals surface area contributed by atoms with Gasteiger partial charge in [-0.05, 0) is 20.8 Å². The molecule has 0 radical (unpaired) electrons. The molecule has 7 heteroatoms. The number of aromatic amines is 1. The second-order valence-electron chi connectivity index (χ2n) is 4.11. The van der Waals surface area contributed by atoms with Crippen molar-refractivity contribution in [3.05, 3.63) is 21.7 Å². The number of nitrogens with zero attached hydrogens (tertiary/aromatic N) is 2. The van der Waals surface area contributed by atoms with Gasteiger partial charge in [0.2, 0.25) is 5.91 Å². The normalized spacial score (nSPS) is 10.5. The molecule has 0 atom stereocenters. The molecule has 1 heterocycles. The highest BCUT2D eigenvalue weighted by Gasteiger charge is 2.16. The van der Waals surface area contributed by atoms with E-state index in [9.17, 15) is 9.59 Å². The van der Waals surface area contributed by atoms with Gasteiger partial charge in [-0.15, -0.1) is 0 Å². The molecule has 1 amide bonds. The Balaban J connectivity index is 2.87. The van der Waals surface area contributed by atoms with Crippen LogP contribution in [0.25, 0.3) is 0 Å². The molecule has 0 aliphatic carbocycles. The van der Waals surface area contributed by atoms with E-state index < -0.39 is 5.56 Å². The number of halogens is 1. The van der Waals surface area contributed by atoms with Crippen LogP contribution < -0.4 is 15.8 Å². The van der Waals surface area contributed by atoms with E-state index in [2.05, 4.69) is 15.3 Å². The Morgan fingerprint density at radius 1 is 1.61 bits per heavy atom. The van der Waals surface area contributed by atoms with Gasteiger partial charge in [0.15, 0.2) is 5.82 Å². The van der Waals surface area contributed by atoms with Crippen molar-refractivity contribution < 1.29 is 4.79 Å². The largest absolute Gasteiger partial charge is 0.352 e. The lowest BCUT2D eigenvalue weighted by Crippen LogP contribution is -2.40. The number of nitrogens with one attached hydrogen (secondary N) is 2. The first-order valence-corrected chi connectivity index (χ1v) is 6.11. The molecular weight excluding hydrogens is 256 g/mol. The molecule has 1 rings (SSSR count). The predicted molar refractivity (Wildman–Crippen MR) is 71.0 cm³/mol. The van der Waals surface area contributed by atoms with Gasteiger partial charge in [0, 0.05) is 12.6 Å². The van der Waals surface area contributed by atoms with Gasteiger partial charge in [-0.25, -0.2) is 4.98 Å². The average Bonchev–Trinajstić information content (AvgIpc) is 2.29. The lowest BCUT2D eigenvalue weighted by Gasteiger charge is -2.22. The number of hydrogen-bond acceptors (Lipinski definition) is 4. The summed E-state index contributed by atoms with van der Waals surface area (Å²) in [4.78, 5) is 31.1. The van der Waals surface area contributed by atoms with E-state index in [0.29, 0.717) is 12.4 Å². The number of rotatable bonds is 5. The van der Waals surface area contributed by atoms with Crippen LogP contribution >= 0.6 is 11.6 Å². The Bertz CT molecular complexity index is 472. The van der Waals surface area contributed by atoms with E-state index in [-0.39, 0.29) is 23.5 Å². The summed E-state index contributed by atoms with van der Waals surface area (Å²) in [5.41, 5.74) is -0.413. The minimum Gasteiger partial charge on any atom is -0.352 e. The third-order valence-electron chi connectivity index (χ3n) is 2.24. The molecule has 0 unspecified atom stereocenters. The summed E-state index contributed by atoms with van der Waals surface area (Å²) in [5.74, 6) is 0.187. The molecule has 0 saturated carbocycles. The van der Waals surface area contributed by atoms with Gasteiger partial charge in [0.1, 0.15) is 5.02 Å². The number of hydrogen-bond donors (Lipinski definition) is 2. The fourth-order valence-electron chi connectivity index (χ4n) is 1.47. The van der Waals surface area contributed by atoms with E-state index in [1.165, 1.54) is 6.33 Å². The standard InChI is InChI=1S/C11H17ClN4O2/c1-4-16(5-8(17)15-7(2)3)10-9(12)11(18)14-6-13-10/h6-7H,4-5H2,1-3H3,(H,15,17)(H,13,14,18). The van der Waals surface area contributed by atoms with E-state index in [1.807, 2.05) is 20.8 Å². The zero-order valence-corrected chi connectivity index (χ0v) is 11.4. The van der Waals surface area contributed by atoms with Crippen molar-refractivity contribution in [1.29, 1.82) is 0 Å². The number of carbonyl (C=O) groups is 1. The third-order valence-corrected chi connectivity index (χ3v) is 2.58. The maximum atomic E-state index is 11.7. The molecule has 0 aliphatic heterocycles. The van der Waals surface area contributed by atoms with Gasteiger partial charge < -0.3 is 15.2 Å². The highest BCUT2D eigenvalue weighted by atomic mass is 35.5. The van der Waals surface area contributed by atoms with Gasteiger partial charge in [0.25, 0.3) is 5.56 Å². The lowest BCUT2D eigenvalue weighted by atomic mass is 10.3. The van der Waals surface area contributed by atoms with Crippen LogP contribution in [0.3, 0.4) is 0 Å². The average molecular weight is 273 g/mol. The summed E-state index contributed by atoms with van der Waals surface area (Å²) >= 11 is 5.88. The summed E-state index contributed by atoms with van der Waals surface area (Å²) in [6.45, 7) is 6.27. The van der Waals surface area contributed by atoms with Gasteiger partial charge in [-0.2, -0.15) is 0 Å². The molecule has 1 aromatic heterocycles. The molecule has 0 aromatic carbocycles. The molecule has 100 valence electrons. The van der Waals surface area contributed by atoms with Crippen molar-refractivity contribution in [2.24, 2.45) is 0 Å². The molecule has 0 bridgehead atoms. The minimum atomic E-state index is -0.413. The maximum Gasteiger partial charge on any atom is 0.271 e. The summed E-state index contributed by atoms with van der Waals surface area (Å²) < 4.78 is 0. The molecule has 2 N–H and O–H groups in total. The summed E-state index contributed by atoms with van der Waals surface area (Å²) in [5, 5.41) is 2.77. The maximum absolute atomic E-state index is 11.7. The van der Waals surface area contributed by atoms with Gasteiger partial charge in [-0.3, -0.25) is 9.59 Å². The first-order valence-electron chi connectivity index (χ1n) is 5.73. The van der Waals surface area contributed by atoms with Crippen molar-refractivity contribution in [2.45, 2.75) is 26.8 Å². The van der Waals surface area contributed by atoms with Crippen LogP contribution in [0.15, 0.2) is 11.1 Å². The van der Waals surface area contributed by atoms with Crippen LogP contribution in [-0.4, -0.2) is 35.0 Å². The SMILES string of the molecule is CCN(CC(=O)NC(C)C)c1nc[nH]c(=O)c1Cl. The van der Waals surface area contributed by atoms with Gasteiger partial charge in [-0.1, -0.05) is 11.6 Å². The van der Waals surface area contributed by atoms with Crippen LogP contribution in [0.4, 0.5) is 5.82 Å². The fraction of sp³-hybridized carbons (Fsp3) is 0.545. The number of amides is 1. The zero-order valence-electron chi connectivity index (χ0n) is 10.7. The Kier molecular flexibility index (Phi) is 5.15. The Morgan fingerprint density at radius 3 is 2.83 bits per heavy atom. The Labute approximate surface area is 110 Å². The summed E-state index contributed by atoms with van der Waals surface area (Å²) in [6, 6.07) is 0.0683. The second-order valence-corrected chi connectivity index (χ2v) is 4.48. The second kappa shape index (κ2) is 6.39. The summed E-state index contributed by atoms with van der Waals surface area (Å²) in [6.07, 6.45) is 1.27. The van der Waals surface area contributed by atoms with Crippen molar-refractivity contribution in [3.8, 4) is 0 Å². The van der Waals surface area contributed by atoms with Gasteiger partial charge in [0.05, 0.1) is 12.9 Å². The topological polar surface area (TPSA) is 78.1 Å². The monoisotopic (exact) mass is 272 g/mol. The minimum absolute atomic E-state index is 0.00306. The number of likely N-dealkylation sites (N-methyl/N-ethyl adjacent to an activating group) is 1. The third kappa shape index (κ3) is 3.73. The van der Waals surface area contributed by atoms with Crippen LogP contribution in [-0.2, 0) is 4.79 Å². The predicted octanol–water partition coefficient (Wildman–Crippen LogP) is 0.774. The van der Waals surface area contributed by atoms with E-state index in [1.54, 1.807) is 4.90 Å². The van der Waals surface area contributed by atoms with Gasteiger partial charge >= 0.3 is 0 Å². The smallest absolute Gasteiger partial charge is 0.271 e. The molecule has 0 saturated heterocycles. The van der Waals surface area contributed by atoms with E-state index >= 15 is 0 Å². The van der Waals surface area contributed by atoms with E-state index in [0.717, 1.165) is 0 Å². The fourth-order valence-corrected chi connectivity index (χ4v) is 1.69. The van der Waals surface area contributed by atoms with Crippen LogP contribution in [0.5, 0.6) is 0 Å².